The number of nitrogens with zero attached hydrogens (tertiary/aromatic N) is 1. The number of fused-ring (bicyclic) bond motifs is 1. The smallest absolute Gasteiger partial charge is 0.0816 e. The molecule has 4 rings (SSSR count). The molecule has 2 aromatic rings. The van der Waals surface area contributed by atoms with E-state index in [4.69, 9.17) is 4.74 Å². The second-order valence-electron chi connectivity index (χ2n) is 6.76. The summed E-state index contributed by atoms with van der Waals surface area (Å²) < 4.78 is 8.60. The molecule has 0 radical (unpaired) electrons. The minimum Gasteiger partial charge on any atom is -0.371 e. The molecule has 1 aliphatic carbocycles. The largest absolute Gasteiger partial charge is 0.371 e. The zero-order valence-electron chi connectivity index (χ0n) is 14.9. The number of hydrogen-bond acceptors (Lipinski definition) is 3. The Morgan fingerprint density at radius 3 is 2.37 bits per heavy atom. The molecule has 0 bridgehead atoms. The van der Waals surface area contributed by atoms with Crippen LogP contribution in [-0.4, -0.2) is 37.2 Å². The summed E-state index contributed by atoms with van der Waals surface area (Å²) in [5.74, 6) is 0. The van der Waals surface area contributed by atoms with Crippen molar-refractivity contribution >= 4 is 56.7 Å². The van der Waals surface area contributed by atoms with Gasteiger partial charge in [0, 0.05) is 41.5 Å². The zero-order chi connectivity index (χ0) is 17.2. The second kappa shape index (κ2) is 10.6. The molecule has 1 heterocycles. The maximum atomic E-state index is 6.44. The van der Waals surface area contributed by atoms with Gasteiger partial charge in [0.15, 0.2) is 0 Å². The van der Waals surface area contributed by atoms with Crippen molar-refractivity contribution in [3.8, 4) is 0 Å². The Balaban J connectivity index is 0.00000131. The van der Waals surface area contributed by atoms with Crippen LogP contribution < -0.4 is 5.32 Å². The fourth-order valence-corrected chi connectivity index (χ4v) is 5.37. The van der Waals surface area contributed by atoms with Gasteiger partial charge in [-0.15, -0.1) is 24.8 Å². The quantitative estimate of drug-likeness (QED) is 0.583. The van der Waals surface area contributed by atoms with E-state index < -0.39 is 0 Å². The van der Waals surface area contributed by atoms with Crippen molar-refractivity contribution < 1.29 is 4.74 Å². The summed E-state index contributed by atoms with van der Waals surface area (Å²) in [6.45, 7) is 4.93. The van der Waals surface area contributed by atoms with Gasteiger partial charge in [-0.25, -0.2) is 0 Å². The minimum atomic E-state index is 0. The van der Waals surface area contributed by atoms with Gasteiger partial charge in [-0.05, 0) is 34.9 Å². The molecule has 2 aliphatic rings. The molecule has 0 unspecified atom stereocenters. The summed E-state index contributed by atoms with van der Waals surface area (Å²) in [4.78, 5) is 2.59. The molecular formula is C20H24Br2Cl2N2O. The van der Waals surface area contributed by atoms with Gasteiger partial charge in [0.25, 0.3) is 0 Å². The normalized spacial score (nSPS) is 21.9. The first kappa shape index (κ1) is 23.1. The van der Waals surface area contributed by atoms with E-state index in [0.29, 0.717) is 12.6 Å². The van der Waals surface area contributed by atoms with Gasteiger partial charge in [0.05, 0.1) is 18.8 Å². The molecule has 2 atom stereocenters. The lowest BCUT2D eigenvalue weighted by Crippen LogP contribution is -2.47. The first-order valence-corrected chi connectivity index (χ1v) is 10.4. The maximum Gasteiger partial charge on any atom is 0.0816 e. The van der Waals surface area contributed by atoms with Crippen LogP contribution in [0.2, 0.25) is 0 Å². The number of halogens is 4. The van der Waals surface area contributed by atoms with E-state index in [0.717, 1.165) is 41.5 Å². The van der Waals surface area contributed by atoms with Gasteiger partial charge in [0.1, 0.15) is 0 Å². The van der Waals surface area contributed by atoms with E-state index in [1.54, 1.807) is 0 Å². The van der Waals surface area contributed by atoms with Crippen LogP contribution in [0.15, 0.2) is 51.4 Å². The number of piperazine rings is 1. The van der Waals surface area contributed by atoms with Gasteiger partial charge in [-0.2, -0.15) is 0 Å². The van der Waals surface area contributed by atoms with Crippen molar-refractivity contribution in [3.05, 3.63) is 68.1 Å². The summed E-state index contributed by atoms with van der Waals surface area (Å²) in [6.07, 6.45) is 1.22. The third-order valence-corrected chi connectivity index (χ3v) is 5.99. The molecule has 1 saturated heterocycles. The van der Waals surface area contributed by atoms with Crippen LogP contribution >= 0.6 is 56.7 Å². The van der Waals surface area contributed by atoms with E-state index in [2.05, 4.69) is 84.5 Å². The molecule has 0 saturated carbocycles. The average molecular weight is 539 g/mol. The Morgan fingerprint density at radius 2 is 1.67 bits per heavy atom. The van der Waals surface area contributed by atoms with E-state index in [1.807, 2.05) is 0 Å². The van der Waals surface area contributed by atoms with Crippen LogP contribution in [0.3, 0.4) is 0 Å². The molecule has 1 N–H and O–H groups in total. The van der Waals surface area contributed by atoms with Crippen LogP contribution in [0, 0.1) is 0 Å². The first-order chi connectivity index (χ1) is 12.2. The molecule has 3 nitrogen and oxygen atoms in total. The summed E-state index contributed by atoms with van der Waals surface area (Å²) in [7, 11) is 0. The molecule has 0 aromatic heterocycles. The van der Waals surface area contributed by atoms with E-state index in [1.165, 1.54) is 16.7 Å². The maximum absolute atomic E-state index is 6.44. The second-order valence-corrected chi connectivity index (χ2v) is 8.59. The van der Waals surface area contributed by atoms with Crippen molar-refractivity contribution in [2.24, 2.45) is 0 Å². The molecule has 2 aromatic carbocycles. The topological polar surface area (TPSA) is 24.5 Å². The van der Waals surface area contributed by atoms with E-state index >= 15 is 0 Å². The Kier molecular flexibility index (Phi) is 9.07. The van der Waals surface area contributed by atoms with E-state index in [-0.39, 0.29) is 30.9 Å². The molecule has 7 heteroatoms. The molecule has 27 heavy (non-hydrogen) atoms. The van der Waals surface area contributed by atoms with Gasteiger partial charge in [0.2, 0.25) is 0 Å². The average Bonchev–Trinajstić information content (AvgIpc) is 2.98. The molecular weight excluding hydrogens is 515 g/mol. The van der Waals surface area contributed by atoms with Crippen LogP contribution in [0.25, 0.3) is 0 Å². The highest BCUT2D eigenvalue weighted by molar-refractivity contribution is 9.11. The first-order valence-electron chi connectivity index (χ1n) is 8.80. The molecule has 1 aliphatic heterocycles. The standard InChI is InChI=1S/C20H22Br2N2O.2ClH/c21-16-9-14(10-17(22)12-16)13-25-19-11-15-3-1-2-4-18(15)20(19)24-7-5-23-6-8-24;;/h1-4,9-10,12,19-20,23H,5-8,11,13H2;2*1H/t19-,20-;;/m1../s1. The fourth-order valence-electron chi connectivity index (χ4n) is 3.98. The van der Waals surface area contributed by atoms with Crippen molar-refractivity contribution in [3.63, 3.8) is 0 Å². The summed E-state index contributed by atoms with van der Waals surface area (Å²) >= 11 is 7.13. The number of benzene rings is 2. The Bertz CT molecular complexity index is 736. The van der Waals surface area contributed by atoms with Gasteiger partial charge >= 0.3 is 0 Å². The molecule has 0 spiro atoms. The number of rotatable bonds is 4. The SMILES string of the molecule is Brc1cc(Br)cc(CO[C@@H]2Cc3ccccc3[C@H]2N2CCNCC2)c1.Cl.Cl. The van der Waals surface area contributed by atoms with Crippen LogP contribution in [0.4, 0.5) is 0 Å². The zero-order valence-corrected chi connectivity index (χ0v) is 19.7. The molecule has 148 valence electrons. The van der Waals surface area contributed by atoms with Crippen LogP contribution in [0.5, 0.6) is 0 Å². The predicted octanol–water partition coefficient (Wildman–Crippen LogP) is 5.14. The lowest BCUT2D eigenvalue weighted by molar-refractivity contribution is -0.0188. The Hall–Kier alpha value is -0.140. The Morgan fingerprint density at radius 1 is 1.00 bits per heavy atom. The molecule has 1 fully saturated rings. The Labute approximate surface area is 190 Å². The number of hydrogen-bond donors (Lipinski definition) is 1. The van der Waals surface area contributed by atoms with Crippen molar-refractivity contribution in [1.82, 2.24) is 10.2 Å². The third kappa shape index (κ3) is 5.47. The van der Waals surface area contributed by atoms with Crippen molar-refractivity contribution in [1.29, 1.82) is 0 Å². The summed E-state index contributed by atoms with van der Waals surface area (Å²) in [5.41, 5.74) is 4.08. The van der Waals surface area contributed by atoms with Crippen molar-refractivity contribution in [2.45, 2.75) is 25.2 Å². The lowest BCUT2D eigenvalue weighted by atomic mass is 10.1. The molecule has 0 amide bonds. The summed E-state index contributed by atoms with van der Waals surface area (Å²) in [6, 6.07) is 15.5. The number of ether oxygens (including phenoxy) is 1. The van der Waals surface area contributed by atoms with Gasteiger partial charge < -0.3 is 10.1 Å². The third-order valence-electron chi connectivity index (χ3n) is 5.08. The highest BCUT2D eigenvalue weighted by atomic mass is 79.9. The van der Waals surface area contributed by atoms with E-state index in [9.17, 15) is 0 Å². The van der Waals surface area contributed by atoms with Gasteiger partial charge in [-0.3, -0.25) is 4.90 Å². The van der Waals surface area contributed by atoms with Crippen LogP contribution in [-0.2, 0) is 17.8 Å². The highest BCUT2D eigenvalue weighted by Gasteiger charge is 2.37. The lowest BCUT2D eigenvalue weighted by Gasteiger charge is -2.36. The summed E-state index contributed by atoms with van der Waals surface area (Å²) in [5, 5.41) is 3.45. The monoisotopic (exact) mass is 536 g/mol. The number of nitrogens with one attached hydrogen (secondary N) is 1. The highest BCUT2D eigenvalue weighted by Crippen LogP contribution is 2.38. The van der Waals surface area contributed by atoms with Gasteiger partial charge in [-0.1, -0.05) is 56.1 Å². The predicted molar refractivity (Wildman–Crippen MR) is 122 cm³/mol. The fraction of sp³-hybridized carbons (Fsp3) is 0.400. The minimum absolute atomic E-state index is 0. The van der Waals surface area contributed by atoms with Crippen LogP contribution in [0.1, 0.15) is 22.7 Å². The van der Waals surface area contributed by atoms with Crippen molar-refractivity contribution in [2.75, 3.05) is 26.2 Å².